The van der Waals surface area contributed by atoms with E-state index in [4.69, 9.17) is 10.2 Å². The highest BCUT2D eigenvalue weighted by Gasteiger charge is 2.23. The molecule has 20 heavy (non-hydrogen) atoms. The number of carboxylic acids is 2. The molecule has 0 bridgehead atoms. The van der Waals surface area contributed by atoms with Gasteiger partial charge in [0.1, 0.15) is 6.04 Å². The third kappa shape index (κ3) is 4.88. The Morgan fingerprint density at radius 3 is 2.50 bits per heavy atom. The molecule has 1 rings (SSSR count). The minimum absolute atomic E-state index is 0.460. The summed E-state index contributed by atoms with van der Waals surface area (Å²) in [6.07, 6.45) is -0.697. The van der Waals surface area contributed by atoms with Crippen LogP contribution in [-0.2, 0) is 9.59 Å². The molecule has 1 aromatic rings. The van der Waals surface area contributed by atoms with Crippen molar-refractivity contribution in [2.45, 2.75) is 19.4 Å². The van der Waals surface area contributed by atoms with Crippen LogP contribution >= 0.6 is 15.9 Å². The molecule has 1 atom stereocenters. The number of nitrogens with one attached hydrogen (secondary N) is 2. The Bertz CT molecular complexity index is 547. The van der Waals surface area contributed by atoms with Crippen molar-refractivity contribution in [1.82, 2.24) is 5.32 Å². The average molecular weight is 345 g/mol. The van der Waals surface area contributed by atoms with Crippen LogP contribution in [0.2, 0.25) is 0 Å². The molecule has 108 valence electrons. The highest BCUT2D eigenvalue weighted by molar-refractivity contribution is 9.10. The molecule has 0 fully saturated rings. The number of carbonyl (C=O) groups is 3. The predicted octanol–water partition coefficient (Wildman–Crippen LogP) is 1.81. The fourth-order valence-corrected chi connectivity index (χ4v) is 1.77. The van der Waals surface area contributed by atoms with Gasteiger partial charge in [0.05, 0.1) is 12.1 Å². The Morgan fingerprint density at radius 1 is 1.30 bits per heavy atom. The first-order chi connectivity index (χ1) is 9.29. The molecule has 4 N–H and O–H groups in total. The number of halogens is 1. The van der Waals surface area contributed by atoms with E-state index in [1.54, 1.807) is 12.1 Å². The van der Waals surface area contributed by atoms with Gasteiger partial charge in [-0.3, -0.25) is 4.79 Å². The Morgan fingerprint density at radius 2 is 1.95 bits per heavy atom. The zero-order valence-electron chi connectivity index (χ0n) is 10.5. The molecule has 0 aliphatic rings. The van der Waals surface area contributed by atoms with Crippen molar-refractivity contribution in [1.29, 1.82) is 0 Å². The van der Waals surface area contributed by atoms with E-state index in [9.17, 15) is 14.4 Å². The standard InChI is InChI=1S/C12H13BrN2O5/c1-6-2-3-7(13)8(4-6)14-12(20)15-9(11(18)19)5-10(16)17/h2-4,9H,5H2,1H3,(H,16,17)(H,18,19)(H2,14,15,20)/t9-/m1/s1. The Hall–Kier alpha value is -2.09. The predicted molar refractivity (Wildman–Crippen MR) is 74.7 cm³/mol. The minimum Gasteiger partial charge on any atom is -0.481 e. The number of rotatable bonds is 5. The highest BCUT2D eigenvalue weighted by atomic mass is 79.9. The van der Waals surface area contributed by atoms with Crippen molar-refractivity contribution in [3.63, 3.8) is 0 Å². The van der Waals surface area contributed by atoms with E-state index in [1.807, 2.05) is 13.0 Å². The topological polar surface area (TPSA) is 116 Å². The van der Waals surface area contributed by atoms with Crippen molar-refractivity contribution in [3.05, 3.63) is 28.2 Å². The number of amides is 2. The van der Waals surface area contributed by atoms with Gasteiger partial charge in [-0.25, -0.2) is 9.59 Å². The van der Waals surface area contributed by atoms with Gasteiger partial charge in [-0.15, -0.1) is 0 Å². The van der Waals surface area contributed by atoms with E-state index in [1.165, 1.54) is 0 Å². The van der Waals surface area contributed by atoms with E-state index < -0.39 is 30.4 Å². The minimum atomic E-state index is -1.49. The van der Waals surface area contributed by atoms with Gasteiger partial charge in [-0.05, 0) is 40.5 Å². The van der Waals surface area contributed by atoms with Crippen LogP contribution in [0, 0.1) is 6.92 Å². The summed E-state index contributed by atoms with van der Waals surface area (Å²) >= 11 is 3.24. The number of aryl methyl sites for hydroxylation is 1. The van der Waals surface area contributed by atoms with Crippen molar-refractivity contribution < 1.29 is 24.6 Å². The molecule has 0 saturated carbocycles. The quantitative estimate of drug-likeness (QED) is 0.650. The number of aliphatic carboxylic acids is 2. The number of urea groups is 1. The van der Waals surface area contributed by atoms with Crippen LogP contribution in [0.3, 0.4) is 0 Å². The number of hydrogen-bond acceptors (Lipinski definition) is 3. The van der Waals surface area contributed by atoms with Crippen LogP contribution in [0.1, 0.15) is 12.0 Å². The van der Waals surface area contributed by atoms with E-state index in [0.29, 0.717) is 10.2 Å². The lowest BCUT2D eigenvalue weighted by atomic mass is 10.2. The van der Waals surface area contributed by atoms with Crippen LogP contribution < -0.4 is 10.6 Å². The van der Waals surface area contributed by atoms with Gasteiger partial charge in [0.2, 0.25) is 0 Å². The van der Waals surface area contributed by atoms with Crippen LogP contribution in [0.15, 0.2) is 22.7 Å². The average Bonchev–Trinajstić information content (AvgIpc) is 2.32. The number of carbonyl (C=O) groups excluding carboxylic acids is 1. The van der Waals surface area contributed by atoms with Gasteiger partial charge in [0.15, 0.2) is 0 Å². The van der Waals surface area contributed by atoms with Gasteiger partial charge < -0.3 is 20.8 Å². The summed E-state index contributed by atoms with van der Waals surface area (Å²) in [5, 5.41) is 21.9. The lowest BCUT2D eigenvalue weighted by Crippen LogP contribution is -2.44. The number of carboxylic acid groups (broad SMARTS) is 2. The van der Waals surface area contributed by atoms with Gasteiger partial charge in [-0.2, -0.15) is 0 Å². The highest BCUT2D eigenvalue weighted by Crippen LogP contribution is 2.23. The largest absolute Gasteiger partial charge is 0.481 e. The number of hydrogen-bond donors (Lipinski definition) is 4. The van der Waals surface area contributed by atoms with Gasteiger partial charge in [0, 0.05) is 4.47 Å². The molecule has 1 aromatic carbocycles. The molecule has 0 radical (unpaired) electrons. The second-order valence-corrected chi connectivity index (χ2v) is 4.92. The zero-order valence-corrected chi connectivity index (χ0v) is 12.1. The normalized spacial score (nSPS) is 11.5. The van der Waals surface area contributed by atoms with Gasteiger partial charge in [-0.1, -0.05) is 6.07 Å². The fourth-order valence-electron chi connectivity index (χ4n) is 1.43. The first-order valence-corrected chi connectivity index (χ1v) is 6.37. The molecular formula is C12H13BrN2O5. The molecular weight excluding hydrogens is 332 g/mol. The SMILES string of the molecule is Cc1ccc(Br)c(NC(=O)N[C@H](CC(=O)O)C(=O)O)c1. The molecule has 0 saturated heterocycles. The van der Waals surface area contributed by atoms with Gasteiger partial charge in [0.25, 0.3) is 0 Å². The van der Waals surface area contributed by atoms with Crippen LogP contribution in [-0.4, -0.2) is 34.2 Å². The molecule has 0 aliphatic heterocycles. The molecule has 8 heteroatoms. The van der Waals surface area contributed by atoms with Crippen molar-refractivity contribution in [3.8, 4) is 0 Å². The summed E-state index contributed by atoms with van der Waals surface area (Å²) in [5.41, 5.74) is 1.37. The lowest BCUT2D eigenvalue weighted by molar-refractivity contribution is -0.145. The van der Waals surface area contributed by atoms with Crippen LogP contribution in [0.25, 0.3) is 0 Å². The molecule has 0 aliphatic carbocycles. The molecule has 7 nitrogen and oxygen atoms in total. The molecule has 0 unspecified atom stereocenters. The smallest absolute Gasteiger partial charge is 0.326 e. The van der Waals surface area contributed by atoms with Crippen molar-refractivity contribution in [2.24, 2.45) is 0 Å². The number of benzene rings is 1. The second kappa shape index (κ2) is 6.90. The molecule has 2 amide bonds. The van der Waals surface area contributed by atoms with Crippen LogP contribution in [0.5, 0.6) is 0 Å². The zero-order chi connectivity index (χ0) is 15.3. The maximum Gasteiger partial charge on any atom is 0.326 e. The van der Waals surface area contributed by atoms with E-state index in [2.05, 4.69) is 26.6 Å². The van der Waals surface area contributed by atoms with E-state index in [-0.39, 0.29) is 0 Å². The van der Waals surface area contributed by atoms with E-state index in [0.717, 1.165) is 5.56 Å². The molecule has 0 spiro atoms. The summed E-state index contributed by atoms with van der Waals surface area (Å²) in [5.74, 6) is -2.72. The van der Waals surface area contributed by atoms with Crippen LogP contribution in [0.4, 0.5) is 10.5 Å². The second-order valence-electron chi connectivity index (χ2n) is 4.07. The monoisotopic (exact) mass is 344 g/mol. The third-order valence-electron chi connectivity index (χ3n) is 2.35. The maximum absolute atomic E-state index is 11.7. The van der Waals surface area contributed by atoms with Crippen molar-refractivity contribution in [2.75, 3.05) is 5.32 Å². The first-order valence-electron chi connectivity index (χ1n) is 5.58. The third-order valence-corrected chi connectivity index (χ3v) is 3.04. The Balaban J connectivity index is 2.72. The summed E-state index contributed by atoms with van der Waals surface area (Å²) in [6, 6.07) is 2.98. The van der Waals surface area contributed by atoms with E-state index >= 15 is 0 Å². The first kappa shape index (κ1) is 16.0. The summed E-state index contributed by atoms with van der Waals surface area (Å²) in [7, 11) is 0. The lowest BCUT2D eigenvalue weighted by Gasteiger charge is -2.14. The summed E-state index contributed by atoms with van der Waals surface area (Å²) in [6.45, 7) is 1.83. The van der Waals surface area contributed by atoms with Crippen molar-refractivity contribution >= 4 is 39.6 Å². The maximum atomic E-state index is 11.7. The summed E-state index contributed by atoms with van der Waals surface area (Å²) < 4.78 is 0.628. The Labute approximate surface area is 123 Å². The molecule has 0 heterocycles. The van der Waals surface area contributed by atoms with Gasteiger partial charge >= 0.3 is 18.0 Å². The fraction of sp³-hybridized carbons (Fsp3) is 0.250. The Kier molecular flexibility index (Phi) is 5.51. The summed E-state index contributed by atoms with van der Waals surface area (Å²) in [4.78, 5) is 33.0. The number of anilines is 1. The molecule has 0 aromatic heterocycles.